The highest BCUT2D eigenvalue weighted by molar-refractivity contribution is 5.79. The topological polar surface area (TPSA) is 60.9 Å². The molecule has 5 nitrogen and oxygen atoms in total. The average molecular weight is 266 g/mol. The number of carboxylic acid groups (broad SMARTS) is 1. The van der Waals surface area contributed by atoms with Gasteiger partial charge in [0.2, 0.25) is 5.91 Å². The molecule has 0 aromatic heterocycles. The molecule has 1 saturated heterocycles. The summed E-state index contributed by atoms with van der Waals surface area (Å²) in [6, 6.07) is 0. The van der Waals surface area contributed by atoms with Crippen LogP contribution in [0.15, 0.2) is 0 Å². The Morgan fingerprint density at radius 2 is 1.68 bits per heavy atom. The van der Waals surface area contributed by atoms with Gasteiger partial charge in [-0.15, -0.1) is 6.42 Å². The standard InChI is InChI=1S/C14H22N2O3/c1-2-8-15(12-14(18)19)11-13(17)16-9-6-4-3-5-7-10-16/h1H,3-12H2,(H,18,19). The third kappa shape index (κ3) is 6.25. The molecular formula is C14H22N2O3. The fourth-order valence-corrected chi connectivity index (χ4v) is 2.28. The summed E-state index contributed by atoms with van der Waals surface area (Å²) in [5.74, 6) is 1.42. The lowest BCUT2D eigenvalue weighted by atomic mass is 10.1. The Balaban J connectivity index is 2.49. The number of likely N-dealkylation sites (tertiary alicyclic amines) is 1. The molecule has 1 N–H and O–H groups in total. The number of aliphatic carboxylic acids is 1. The normalized spacial score (nSPS) is 16.5. The minimum atomic E-state index is -0.962. The van der Waals surface area contributed by atoms with Crippen LogP contribution in [0.2, 0.25) is 0 Å². The highest BCUT2D eigenvalue weighted by atomic mass is 16.4. The Bertz CT molecular complexity index is 341. The summed E-state index contributed by atoms with van der Waals surface area (Å²) in [5.41, 5.74) is 0. The molecule has 1 aliphatic heterocycles. The van der Waals surface area contributed by atoms with Crippen molar-refractivity contribution in [2.24, 2.45) is 0 Å². The molecule has 5 heteroatoms. The van der Waals surface area contributed by atoms with Crippen LogP contribution in [-0.2, 0) is 9.59 Å². The molecule has 0 aromatic carbocycles. The SMILES string of the molecule is C#CCN(CC(=O)O)CC(=O)N1CCCCCCC1. The number of hydrogen-bond donors (Lipinski definition) is 1. The van der Waals surface area contributed by atoms with Crippen LogP contribution in [0.25, 0.3) is 0 Å². The van der Waals surface area contributed by atoms with E-state index in [1.165, 1.54) is 11.3 Å². The zero-order valence-electron chi connectivity index (χ0n) is 11.3. The minimum Gasteiger partial charge on any atom is -0.480 e. The first-order valence-corrected chi connectivity index (χ1v) is 6.79. The summed E-state index contributed by atoms with van der Waals surface area (Å²) in [7, 11) is 0. The summed E-state index contributed by atoms with van der Waals surface area (Å²) < 4.78 is 0. The van der Waals surface area contributed by atoms with Gasteiger partial charge in [-0.05, 0) is 12.8 Å². The maximum Gasteiger partial charge on any atom is 0.317 e. The highest BCUT2D eigenvalue weighted by Gasteiger charge is 2.19. The molecule has 0 unspecified atom stereocenters. The Labute approximate surface area is 114 Å². The Kier molecular flexibility index (Phi) is 6.98. The number of rotatable bonds is 5. The number of carboxylic acids is 1. The predicted molar refractivity (Wildman–Crippen MR) is 72.6 cm³/mol. The molecule has 1 aliphatic rings. The first kappa shape index (κ1) is 15.5. The fraction of sp³-hybridized carbons (Fsp3) is 0.714. The minimum absolute atomic E-state index is 0.0154. The van der Waals surface area contributed by atoms with Gasteiger partial charge < -0.3 is 10.0 Å². The van der Waals surface area contributed by atoms with Crippen molar-refractivity contribution in [3.63, 3.8) is 0 Å². The number of carbonyl (C=O) groups excluding carboxylic acids is 1. The molecule has 1 amide bonds. The van der Waals surface area contributed by atoms with E-state index in [9.17, 15) is 9.59 Å². The lowest BCUT2D eigenvalue weighted by Crippen LogP contribution is -2.43. The van der Waals surface area contributed by atoms with Crippen LogP contribution >= 0.6 is 0 Å². The largest absolute Gasteiger partial charge is 0.480 e. The number of hydrogen-bond acceptors (Lipinski definition) is 3. The molecule has 0 spiro atoms. The van der Waals surface area contributed by atoms with Gasteiger partial charge in [0.1, 0.15) is 0 Å². The summed E-state index contributed by atoms with van der Waals surface area (Å²) in [6.45, 7) is 1.64. The number of nitrogens with zero attached hydrogens (tertiary/aromatic N) is 2. The third-order valence-electron chi connectivity index (χ3n) is 3.24. The van der Waals surface area contributed by atoms with Gasteiger partial charge in [0.15, 0.2) is 0 Å². The molecule has 0 radical (unpaired) electrons. The Hall–Kier alpha value is -1.54. The van der Waals surface area contributed by atoms with Crippen molar-refractivity contribution in [2.75, 3.05) is 32.7 Å². The van der Waals surface area contributed by atoms with Gasteiger partial charge in [-0.1, -0.05) is 25.2 Å². The smallest absolute Gasteiger partial charge is 0.317 e. The molecule has 1 fully saturated rings. The molecular weight excluding hydrogens is 244 g/mol. The lowest BCUT2D eigenvalue weighted by molar-refractivity contribution is -0.139. The van der Waals surface area contributed by atoms with Gasteiger partial charge in [-0.3, -0.25) is 14.5 Å². The van der Waals surface area contributed by atoms with E-state index in [0.29, 0.717) is 0 Å². The first-order chi connectivity index (χ1) is 9.13. The molecule has 19 heavy (non-hydrogen) atoms. The second kappa shape index (κ2) is 8.54. The van der Waals surface area contributed by atoms with Gasteiger partial charge in [-0.25, -0.2) is 0 Å². The van der Waals surface area contributed by atoms with Crippen molar-refractivity contribution in [1.82, 2.24) is 9.80 Å². The zero-order chi connectivity index (χ0) is 14.1. The molecule has 0 atom stereocenters. The molecule has 1 rings (SSSR count). The molecule has 0 aliphatic carbocycles. The van der Waals surface area contributed by atoms with E-state index in [4.69, 9.17) is 11.5 Å². The monoisotopic (exact) mass is 266 g/mol. The van der Waals surface area contributed by atoms with E-state index in [2.05, 4.69) is 5.92 Å². The Morgan fingerprint density at radius 3 is 2.21 bits per heavy atom. The molecule has 0 aromatic rings. The lowest BCUT2D eigenvalue weighted by Gasteiger charge is -2.27. The van der Waals surface area contributed by atoms with Crippen LogP contribution < -0.4 is 0 Å². The van der Waals surface area contributed by atoms with Crippen LogP contribution in [0.1, 0.15) is 32.1 Å². The van der Waals surface area contributed by atoms with Gasteiger partial charge in [0.05, 0.1) is 19.6 Å². The van der Waals surface area contributed by atoms with Gasteiger partial charge in [0.25, 0.3) is 0 Å². The second-order valence-corrected chi connectivity index (χ2v) is 4.89. The van der Waals surface area contributed by atoms with Gasteiger partial charge in [0, 0.05) is 13.1 Å². The average Bonchev–Trinajstić information content (AvgIpc) is 2.27. The number of amides is 1. The number of carbonyl (C=O) groups is 2. The van der Waals surface area contributed by atoms with Crippen LogP contribution in [0.3, 0.4) is 0 Å². The van der Waals surface area contributed by atoms with Crippen LogP contribution in [-0.4, -0.2) is 59.5 Å². The summed E-state index contributed by atoms with van der Waals surface area (Å²) in [4.78, 5) is 26.2. The van der Waals surface area contributed by atoms with Crippen molar-refractivity contribution >= 4 is 11.9 Å². The van der Waals surface area contributed by atoms with Crippen LogP contribution in [0.4, 0.5) is 0 Å². The van der Waals surface area contributed by atoms with E-state index in [-0.39, 0.29) is 25.5 Å². The van der Waals surface area contributed by atoms with Crippen LogP contribution in [0, 0.1) is 12.3 Å². The van der Waals surface area contributed by atoms with Gasteiger partial charge in [-0.2, -0.15) is 0 Å². The predicted octanol–water partition coefficient (Wildman–Crippen LogP) is 0.799. The zero-order valence-corrected chi connectivity index (χ0v) is 11.3. The van der Waals surface area contributed by atoms with E-state index in [0.717, 1.165) is 38.8 Å². The summed E-state index contributed by atoms with van der Waals surface area (Å²) in [6.07, 6.45) is 10.8. The molecule has 106 valence electrons. The maximum atomic E-state index is 12.2. The van der Waals surface area contributed by atoms with Crippen molar-refractivity contribution in [3.05, 3.63) is 0 Å². The molecule has 0 bridgehead atoms. The highest BCUT2D eigenvalue weighted by Crippen LogP contribution is 2.10. The summed E-state index contributed by atoms with van der Waals surface area (Å²) >= 11 is 0. The fourth-order valence-electron chi connectivity index (χ4n) is 2.28. The quantitative estimate of drug-likeness (QED) is 0.748. The molecule has 0 saturated carbocycles. The van der Waals surface area contributed by atoms with Gasteiger partial charge >= 0.3 is 5.97 Å². The molecule has 1 heterocycles. The van der Waals surface area contributed by atoms with Crippen molar-refractivity contribution in [1.29, 1.82) is 0 Å². The van der Waals surface area contributed by atoms with E-state index < -0.39 is 5.97 Å². The summed E-state index contributed by atoms with van der Waals surface area (Å²) in [5, 5.41) is 8.78. The van der Waals surface area contributed by atoms with E-state index in [1.54, 1.807) is 0 Å². The Morgan fingerprint density at radius 1 is 1.11 bits per heavy atom. The maximum absolute atomic E-state index is 12.2. The second-order valence-electron chi connectivity index (χ2n) is 4.89. The van der Waals surface area contributed by atoms with Crippen molar-refractivity contribution < 1.29 is 14.7 Å². The van der Waals surface area contributed by atoms with E-state index in [1.807, 2.05) is 4.90 Å². The number of terminal acetylenes is 1. The van der Waals surface area contributed by atoms with Crippen molar-refractivity contribution in [2.45, 2.75) is 32.1 Å². The third-order valence-corrected chi connectivity index (χ3v) is 3.24. The van der Waals surface area contributed by atoms with Crippen molar-refractivity contribution in [3.8, 4) is 12.3 Å². The van der Waals surface area contributed by atoms with Crippen LogP contribution in [0.5, 0.6) is 0 Å². The first-order valence-electron chi connectivity index (χ1n) is 6.79. The van der Waals surface area contributed by atoms with E-state index >= 15 is 0 Å².